The van der Waals surface area contributed by atoms with Crippen LogP contribution >= 0.6 is 11.8 Å². The van der Waals surface area contributed by atoms with Crippen LogP contribution in [-0.4, -0.2) is 51.5 Å². The van der Waals surface area contributed by atoms with Gasteiger partial charge in [0.1, 0.15) is 6.54 Å². The summed E-state index contributed by atoms with van der Waals surface area (Å²) in [6.07, 6.45) is 0.364. The van der Waals surface area contributed by atoms with Gasteiger partial charge in [0, 0.05) is 24.3 Å². The number of thioether (sulfide) groups is 1. The Hall–Kier alpha value is -1.24. The van der Waals surface area contributed by atoms with Gasteiger partial charge in [0.2, 0.25) is 5.91 Å². The largest absolute Gasteiger partial charge is 0.481 e. The first kappa shape index (κ1) is 14.8. The molecule has 0 aromatic rings. The van der Waals surface area contributed by atoms with Crippen molar-refractivity contribution in [1.29, 1.82) is 0 Å². The number of aliphatic carboxylic acids is 1. The molecule has 0 spiro atoms. The minimum absolute atomic E-state index is 0.00573. The topological polar surface area (TPSA) is 86.7 Å². The number of carboxylic acids is 1. The van der Waals surface area contributed by atoms with Crippen molar-refractivity contribution in [1.82, 2.24) is 10.2 Å². The Balaban J connectivity index is 2.38. The summed E-state index contributed by atoms with van der Waals surface area (Å²) in [5, 5.41) is 11.3. The molecule has 2 N–H and O–H groups in total. The Morgan fingerprint density at radius 2 is 2.17 bits per heavy atom. The van der Waals surface area contributed by atoms with E-state index in [4.69, 9.17) is 5.11 Å². The van der Waals surface area contributed by atoms with Crippen LogP contribution in [0.4, 0.5) is 4.79 Å². The molecular weight excluding hydrogens is 256 g/mol. The molecule has 0 aliphatic carbocycles. The molecule has 1 fully saturated rings. The minimum Gasteiger partial charge on any atom is -0.481 e. The lowest BCUT2D eigenvalue weighted by molar-refractivity contribution is -0.137. The van der Waals surface area contributed by atoms with E-state index in [1.54, 1.807) is 13.8 Å². The molecule has 0 aromatic heterocycles. The highest BCUT2D eigenvalue weighted by Crippen LogP contribution is 2.17. The summed E-state index contributed by atoms with van der Waals surface area (Å²) in [6.45, 7) is 4.18. The fraction of sp³-hybridized carbons (Fsp3) is 0.727. The second-order valence-electron chi connectivity index (χ2n) is 4.86. The molecule has 0 aromatic carbocycles. The fourth-order valence-electron chi connectivity index (χ4n) is 1.64. The van der Waals surface area contributed by atoms with Crippen LogP contribution in [0.1, 0.15) is 26.7 Å². The van der Waals surface area contributed by atoms with E-state index in [2.05, 4.69) is 5.32 Å². The first-order valence-corrected chi connectivity index (χ1v) is 6.73. The number of hydrogen-bond donors (Lipinski definition) is 2. The van der Waals surface area contributed by atoms with Gasteiger partial charge in [-0.3, -0.25) is 14.4 Å². The van der Waals surface area contributed by atoms with E-state index >= 15 is 0 Å². The van der Waals surface area contributed by atoms with E-state index < -0.39 is 11.5 Å². The lowest BCUT2D eigenvalue weighted by Crippen LogP contribution is -2.48. The fourth-order valence-corrected chi connectivity index (χ4v) is 2.47. The van der Waals surface area contributed by atoms with Crippen LogP contribution in [0.3, 0.4) is 0 Å². The molecule has 1 heterocycles. The molecule has 102 valence electrons. The third-order valence-corrected chi connectivity index (χ3v) is 3.51. The molecule has 1 saturated heterocycles. The molecule has 1 aliphatic heterocycles. The highest BCUT2D eigenvalue weighted by Gasteiger charge is 2.26. The van der Waals surface area contributed by atoms with Crippen LogP contribution in [0.2, 0.25) is 0 Å². The average Bonchev–Trinajstić information content (AvgIpc) is 2.61. The molecule has 1 rings (SSSR count). The monoisotopic (exact) mass is 274 g/mol. The van der Waals surface area contributed by atoms with Crippen molar-refractivity contribution in [3.05, 3.63) is 0 Å². The molecule has 1 aliphatic rings. The van der Waals surface area contributed by atoms with Gasteiger partial charge >= 0.3 is 5.97 Å². The predicted molar refractivity (Wildman–Crippen MR) is 68.5 cm³/mol. The van der Waals surface area contributed by atoms with E-state index in [9.17, 15) is 14.4 Å². The summed E-state index contributed by atoms with van der Waals surface area (Å²) < 4.78 is 0. The Bertz CT molecular complexity index is 357. The van der Waals surface area contributed by atoms with Crippen molar-refractivity contribution in [3.8, 4) is 0 Å². The number of rotatable bonds is 6. The van der Waals surface area contributed by atoms with E-state index in [1.165, 1.54) is 16.7 Å². The summed E-state index contributed by atoms with van der Waals surface area (Å²) in [6, 6.07) is 0. The van der Waals surface area contributed by atoms with Crippen molar-refractivity contribution < 1.29 is 19.5 Å². The zero-order chi connectivity index (χ0) is 13.8. The van der Waals surface area contributed by atoms with Crippen molar-refractivity contribution in [2.24, 2.45) is 0 Å². The van der Waals surface area contributed by atoms with Gasteiger partial charge in [0.25, 0.3) is 5.24 Å². The number of nitrogens with zero attached hydrogens (tertiary/aromatic N) is 1. The minimum atomic E-state index is -0.886. The van der Waals surface area contributed by atoms with Crippen LogP contribution in [0, 0.1) is 0 Å². The van der Waals surface area contributed by atoms with Crippen LogP contribution in [0.5, 0.6) is 0 Å². The Morgan fingerprint density at radius 1 is 1.50 bits per heavy atom. The first-order chi connectivity index (χ1) is 8.30. The van der Waals surface area contributed by atoms with E-state index in [0.29, 0.717) is 18.7 Å². The molecule has 6 nitrogen and oxygen atoms in total. The molecule has 0 bridgehead atoms. The van der Waals surface area contributed by atoms with Gasteiger partial charge in [-0.05, 0) is 20.3 Å². The van der Waals surface area contributed by atoms with E-state index in [0.717, 1.165) is 0 Å². The highest BCUT2D eigenvalue weighted by atomic mass is 32.2. The van der Waals surface area contributed by atoms with Gasteiger partial charge in [-0.25, -0.2) is 0 Å². The summed E-state index contributed by atoms with van der Waals surface area (Å²) in [5.41, 5.74) is -0.578. The van der Waals surface area contributed by atoms with E-state index in [-0.39, 0.29) is 24.1 Å². The SMILES string of the molecule is CC(C)(CCC(=O)O)NC(=O)CN1CCSC1=O. The van der Waals surface area contributed by atoms with E-state index in [1.807, 2.05) is 0 Å². The Morgan fingerprint density at radius 3 is 2.67 bits per heavy atom. The second-order valence-corrected chi connectivity index (χ2v) is 5.91. The van der Waals surface area contributed by atoms with Gasteiger partial charge in [-0.1, -0.05) is 11.8 Å². The molecule has 2 amide bonds. The Kier molecular flexibility index (Phi) is 5.01. The number of amides is 2. The van der Waals surface area contributed by atoms with Crippen LogP contribution < -0.4 is 5.32 Å². The molecule has 18 heavy (non-hydrogen) atoms. The lowest BCUT2D eigenvalue weighted by Gasteiger charge is -2.26. The Labute approximate surface area is 110 Å². The van der Waals surface area contributed by atoms with Crippen LogP contribution in [-0.2, 0) is 9.59 Å². The standard InChI is InChI=1S/C11H18N2O4S/c1-11(2,4-3-9(15)16)12-8(14)7-13-5-6-18-10(13)17/h3-7H2,1-2H3,(H,12,14)(H,15,16). The summed E-state index contributed by atoms with van der Waals surface area (Å²) >= 11 is 1.21. The summed E-state index contributed by atoms with van der Waals surface area (Å²) in [4.78, 5) is 35.0. The molecule has 0 saturated carbocycles. The predicted octanol–water partition coefficient (Wildman–Crippen LogP) is 0.915. The lowest BCUT2D eigenvalue weighted by atomic mass is 9.98. The zero-order valence-corrected chi connectivity index (χ0v) is 11.4. The van der Waals surface area contributed by atoms with Gasteiger partial charge in [-0.2, -0.15) is 0 Å². The van der Waals surface area contributed by atoms with Crippen molar-refractivity contribution in [2.75, 3.05) is 18.8 Å². The molecule has 7 heteroatoms. The number of carbonyl (C=O) groups excluding carboxylic acids is 2. The number of nitrogens with one attached hydrogen (secondary N) is 1. The maximum Gasteiger partial charge on any atom is 0.303 e. The normalized spacial score (nSPS) is 15.9. The maximum absolute atomic E-state index is 11.7. The zero-order valence-electron chi connectivity index (χ0n) is 10.6. The maximum atomic E-state index is 11.7. The number of hydrogen-bond acceptors (Lipinski definition) is 4. The van der Waals surface area contributed by atoms with Crippen LogP contribution in [0.25, 0.3) is 0 Å². The number of carboxylic acid groups (broad SMARTS) is 1. The third-order valence-electron chi connectivity index (χ3n) is 2.62. The van der Waals surface area contributed by atoms with Gasteiger partial charge in [-0.15, -0.1) is 0 Å². The quantitative estimate of drug-likeness (QED) is 0.752. The highest BCUT2D eigenvalue weighted by molar-refractivity contribution is 8.13. The second kappa shape index (κ2) is 6.08. The van der Waals surface area contributed by atoms with Crippen molar-refractivity contribution in [2.45, 2.75) is 32.2 Å². The molecular formula is C11H18N2O4S. The van der Waals surface area contributed by atoms with Crippen LogP contribution in [0.15, 0.2) is 0 Å². The van der Waals surface area contributed by atoms with Gasteiger partial charge in [0.15, 0.2) is 0 Å². The van der Waals surface area contributed by atoms with Crippen molar-refractivity contribution in [3.63, 3.8) is 0 Å². The average molecular weight is 274 g/mol. The molecule has 0 unspecified atom stereocenters. The summed E-state index contributed by atoms with van der Waals surface area (Å²) in [7, 11) is 0. The van der Waals surface area contributed by atoms with Crippen molar-refractivity contribution >= 4 is 28.9 Å². The molecule has 0 radical (unpaired) electrons. The first-order valence-electron chi connectivity index (χ1n) is 5.75. The smallest absolute Gasteiger partial charge is 0.303 e. The number of carbonyl (C=O) groups is 3. The van der Waals surface area contributed by atoms with Gasteiger partial charge < -0.3 is 15.3 Å². The molecule has 0 atom stereocenters. The van der Waals surface area contributed by atoms with Gasteiger partial charge in [0.05, 0.1) is 0 Å². The summed E-state index contributed by atoms with van der Waals surface area (Å²) in [5.74, 6) is -0.418. The third kappa shape index (κ3) is 4.95.